The Balaban J connectivity index is 1.60. The first-order valence-corrected chi connectivity index (χ1v) is 11.6. The van der Waals surface area contributed by atoms with Crippen molar-refractivity contribution in [3.8, 4) is 0 Å². The maximum atomic E-state index is 12.7. The van der Waals surface area contributed by atoms with Gasteiger partial charge in [-0.1, -0.05) is 25.3 Å². The lowest BCUT2D eigenvalue weighted by Crippen LogP contribution is -2.47. The standard InChI is InChI=1S/C21H33N3OS/c1-26-17-21(25)24(14-18-7-5-11-22-13-18)16-19-8-6-12-23(15-19)20-9-3-2-4-10-20/h5,7,11,13,19-20H,2-4,6,8-10,12,14-17H2,1H3. The summed E-state index contributed by atoms with van der Waals surface area (Å²) in [6.45, 7) is 3.99. The lowest BCUT2D eigenvalue weighted by Gasteiger charge is -2.41. The normalized spacial score (nSPS) is 22.3. The van der Waals surface area contributed by atoms with Crippen LogP contribution in [0.3, 0.4) is 0 Å². The van der Waals surface area contributed by atoms with Crippen LogP contribution in [0.5, 0.6) is 0 Å². The summed E-state index contributed by atoms with van der Waals surface area (Å²) < 4.78 is 0. The summed E-state index contributed by atoms with van der Waals surface area (Å²) in [5.41, 5.74) is 1.13. The minimum Gasteiger partial charge on any atom is -0.337 e. The van der Waals surface area contributed by atoms with E-state index < -0.39 is 0 Å². The highest BCUT2D eigenvalue weighted by Crippen LogP contribution is 2.27. The summed E-state index contributed by atoms with van der Waals surface area (Å²) in [6.07, 6.45) is 15.2. The quantitative estimate of drug-likeness (QED) is 0.726. The van der Waals surface area contributed by atoms with Crippen molar-refractivity contribution in [2.24, 2.45) is 5.92 Å². The Morgan fingerprint density at radius 3 is 2.85 bits per heavy atom. The molecule has 4 nitrogen and oxygen atoms in total. The van der Waals surface area contributed by atoms with Crippen molar-refractivity contribution in [3.05, 3.63) is 30.1 Å². The molecule has 0 spiro atoms. The molecule has 2 fully saturated rings. The van der Waals surface area contributed by atoms with Gasteiger partial charge in [0.05, 0.1) is 5.75 Å². The molecule has 1 atom stereocenters. The van der Waals surface area contributed by atoms with Crippen molar-refractivity contribution in [2.45, 2.75) is 57.5 Å². The van der Waals surface area contributed by atoms with Crippen molar-refractivity contribution in [1.29, 1.82) is 0 Å². The number of carbonyl (C=O) groups excluding carboxylic acids is 1. The van der Waals surface area contributed by atoms with E-state index in [0.717, 1.165) is 18.2 Å². The number of thioether (sulfide) groups is 1. The molecule has 1 aromatic heterocycles. The third-order valence-electron chi connectivity index (χ3n) is 5.84. The van der Waals surface area contributed by atoms with Crippen LogP contribution in [0.15, 0.2) is 24.5 Å². The van der Waals surface area contributed by atoms with E-state index >= 15 is 0 Å². The molecule has 0 bridgehead atoms. The molecule has 0 radical (unpaired) electrons. The van der Waals surface area contributed by atoms with Crippen molar-refractivity contribution < 1.29 is 4.79 Å². The molecule has 3 rings (SSSR count). The van der Waals surface area contributed by atoms with Crippen LogP contribution < -0.4 is 0 Å². The van der Waals surface area contributed by atoms with E-state index in [-0.39, 0.29) is 5.91 Å². The molecule has 0 aromatic carbocycles. The monoisotopic (exact) mass is 375 g/mol. The Morgan fingerprint density at radius 2 is 2.12 bits per heavy atom. The van der Waals surface area contributed by atoms with Gasteiger partial charge in [-0.25, -0.2) is 0 Å². The molecule has 2 aliphatic rings. The lowest BCUT2D eigenvalue weighted by molar-refractivity contribution is -0.130. The lowest BCUT2D eigenvalue weighted by atomic mass is 9.90. The summed E-state index contributed by atoms with van der Waals surface area (Å²) in [5, 5.41) is 0. The molecule has 1 unspecified atom stereocenters. The number of carbonyl (C=O) groups is 1. The molecular weight excluding hydrogens is 342 g/mol. The number of nitrogens with zero attached hydrogens (tertiary/aromatic N) is 3. The predicted molar refractivity (Wildman–Crippen MR) is 109 cm³/mol. The fourth-order valence-corrected chi connectivity index (χ4v) is 4.95. The zero-order chi connectivity index (χ0) is 18.2. The van der Waals surface area contributed by atoms with Crippen LogP contribution in [-0.2, 0) is 11.3 Å². The van der Waals surface area contributed by atoms with Crippen LogP contribution in [0.2, 0.25) is 0 Å². The van der Waals surface area contributed by atoms with E-state index in [4.69, 9.17) is 0 Å². The van der Waals surface area contributed by atoms with Gasteiger partial charge in [-0.05, 0) is 56.0 Å². The average molecular weight is 376 g/mol. The number of piperidine rings is 1. The van der Waals surface area contributed by atoms with Crippen LogP contribution in [0.4, 0.5) is 0 Å². The summed E-state index contributed by atoms with van der Waals surface area (Å²) in [5.74, 6) is 1.43. The molecule has 1 aliphatic carbocycles. The molecule has 1 amide bonds. The van der Waals surface area contributed by atoms with Crippen LogP contribution >= 0.6 is 11.8 Å². The molecule has 0 N–H and O–H groups in total. The van der Waals surface area contributed by atoms with Crippen LogP contribution in [0, 0.1) is 5.92 Å². The van der Waals surface area contributed by atoms with Crippen LogP contribution in [0.1, 0.15) is 50.5 Å². The molecule has 1 aliphatic heterocycles. The number of hydrogen-bond donors (Lipinski definition) is 0. The predicted octanol–water partition coefficient (Wildman–Crippen LogP) is 3.82. The Bertz CT molecular complexity index is 547. The number of amides is 1. The number of hydrogen-bond acceptors (Lipinski definition) is 4. The number of rotatable bonds is 7. The zero-order valence-corrected chi connectivity index (χ0v) is 16.9. The summed E-state index contributed by atoms with van der Waals surface area (Å²) in [6, 6.07) is 4.82. The largest absolute Gasteiger partial charge is 0.337 e. The van der Waals surface area contributed by atoms with Gasteiger partial charge in [-0.15, -0.1) is 0 Å². The fourth-order valence-electron chi connectivity index (χ4n) is 4.52. The SMILES string of the molecule is CSCC(=O)N(Cc1cccnc1)CC1CCCN(C2CCCCC2)C1. The Labute approximate surface area is 162 Å². The van der Waals surface area contributed by atoms with Crippen LogP contribution in [-0.4, -0.2) is 58.4 Å². The Morgan fingerprint density at radius 1 is 1.27 bits per heavy atom. The molecule has 1 saturated carbocycles. The van der Waals surface area contributed by atoms with Gasteiger partial charge in [-0.3, -0.25) is 9.78 Å². The molecule has 144 valence electrons. The topological polar surface area (TPSA) is 36.4 Å². The smallest absolute Gasteiger partial charge is 0.232 e. The van der Waals surface area contributed by atoms with Gasteiger partial charge in [0.15, 0.2) is 0 Å². The highest BCUT2D eigenvalue weighted by Gasteiger charge is 2.28. The second-order valence-corrected chi connectivity index (χ2v) is 8.73. The van der Waals surface area contributed by atoms with Crippen LogP contribution in [0.25, 0.3) is 0 Å². The average Bonchev–Trinajstić information content (AvgIpc) is 2.69. The highest BCUT2D eigenvalue weighted by atomic mass is 32.2. The second-order valence-electron chi connectivity index (χ2n) is 7.86. The first-order chi connectivity index (χ1) is 12.8. The van der Waals surface area contributed by atoms with E-state index in [9.17, 15) is 4.79 Å². The summed E-state index contributed by atoms with van der Waals surface area (Å²) in [4.78, 5) is 21.7. The van der Waals surface area contributed by atoms with Gasteiger partial charge in [0.2, 0.25) is 5.91 Å². The van der Waals surface area contributed by atoms with E-state index in [1.807, 2.05) is 18.5 Å². The van der Waals surface area contributed by atoms with Gasteiger partial charge in [-0.2, -0.15) is 11.8 Å². The Hall–Kier alpha value is -1.07. The molecule has 1 aromatic rings. The maximum Gasteiger partial charge on any atom is 0.232 e. The molecule has 1 saturated heterocycles. The maximum absolute atomic E-state index is 12.7. The molecule has 2 heterocycles. The summed E-state index contributed by atoms with van der Waals surface area (Å²) >= 11 is 1.62. The minimum absolute atomic E-state index is 0.260. The number of likely N-dealkylation sites (tertiary alicyclic amines) is 1. The van der Waals surface area contributed by atoms with Crippen molar-refractivity contribution in [2.75, 3.05) is 31.6 Å². The molecule has 26 heavy (non-hydrogen) atoms. The van der Waals surface area contributed by atoms with Gasteiger partial charge in [0, 0.05) is 38.1 Å². The van der Waals surface area contributed by atoms with Gasteiger partial charge in [0.25, 0.3) is 0 Å². The van der Waals surface area contributed by atoms with Gasteiger partial charge >= 0.3 is 0 Å². The summed E-state index contributed by atoms with van der Waals surface area (Å²) in [7, 11) is 0. The van der Waals surface area contributed by atoms with Crippen molar-refractivity contribution in [3.63, 3.8) is 0 Å². The molecular formula is C21H33N3OS. The number of pyridine rings is 1. The van der Waals surface area contributed by atoms with E-state index in [1.54, 1.807) is 18.0 Å². The first kappa shape index (κ1) is 19.7. The van der Waals surface area contributed by atoms with E-state index in [0.29, 0.717) is 18.2 Å². The number of aromatic nitrogens is 1. The van der Waals surface area contributed by atoms with Gasteiger partial charge in [0.1, 0.15) is 0 Å². The minimum atomic E-state index is 0.260. The third-order valence-corrected chi connectivity index (χ3v) is 6.37. The highest BCUT2D eigenvalue weighted by molar-refractivity contribution is 7.99. The zero-order valence-electron chi connectivity index (χ0n) is 16.1. The molecule has 5 heteroatoms. The second kappa shape index (κ2) is 10.3. The van der Waals surface area contributed by atoms with E-state index in [2.05, 4.69) is 20.9 Å². The van der Waals surface area contributed by atoms with Crippen molar-refractivity contribution >= 4 is 17.7 Å². The Kier molecular flexibility index (Phi) is 7.81. The van der Waals surface area contributed by atoms with Crippen molar-refractivity contribution in [1.82, 2.24) is 14.8 Å². The fraction of sp³-hybridized carbons (Fsp3) is 0.714. The first-order valence-electron chi connectivity index (χ1n) is 10.2. The van der Waals surface area contributed by atoms with Gasteiger partial charge < -0.3 is 9.80 Å². The third kappa shape index (κ3) is 5.71. The van der Waals surface area contributed by atoms with E-state index in [1.165, 1.54) is 58.0 Å².